The highest BCUT2D eigenvalue weighted by Gasteiger charge is 2.37. The van der Waals surface area contributed by atoms with Crippen LogP contribution in [0.1, 0.15) is 111 Å². The van der Waals surface area contributed by atoms with Gasteiger partial charge in [0.1, 0.15) is 11.6 Å². The Morgan fingerprint density at radius 3 is 1.25 bits per heavy atom. The molecule has 3 heterocycles. The Bertz CT molecular complexity index is 1370. The predicted molar refractivity (Wildman–Crippen MR) is 160 cm³/mol. The first-order valence-corrected chi connectivity index (χ1v) is 16.2. The number of hydrogen-bond acceptors (Lipinski definition) is 8. The summed E-state index contributed by atoms with van der Waals surface area (Å²) in [5.74, 6) is 1.10. The van der Waals surface area contributed by atoms with E-state index in [1.807, 2.05) is 33.6 Å². The molecule has 12 heteroatoms. The van der Waals surface area contributed by atoms with Crippen molar-refractivity contribution in [1.82, 2.24) is 50.2 Å². The highest BCUT2D eigenvalue weighted by atomic mass is 19.1. The number of halogens is 2. The maximum Gasteiger partial charge on any atom is 0.173 e. The van der Waals surface area contributed by atoms with Crippen LogP contribution < -0.4 is 0 Å². The van der Waals surface area contributed by atoms with Crippen molar-refractivity contribution < 1.29 is 8.78 Å². The van der Waals surface area contributed by atoms with Gasteiger partial charge in [-0.25, -0.2) is 18.1 Å². The quantitative estimate of drug-likeness (QED) is 0.263. The number of aromatic nitrogens is 8. The summed E-state index contributed by atoms with van der Waals surface area (Å²) in [6.45, 7) is 2.95. The highest BCUT2D eigenvalue weighted by Crippen LogP contribution is 2.37. The molecule has 0 spiro atoms. The van der Waals surface area contributed by atoms with Crippen molar-refractivity contribution in [3.8, 4) is 0 Å². The van der Waals surface area contributed by atoms with Gasteiger partial charge in [-0.05, 0) is 81.9 Å². The smallest absolute Gasteiger partial charge is 0.173 e. The first-order chi connectivity index (χ1) is 21.7. The van der Waals surface area contributed by atoms with E-state index in [0.29, 0.717) is 0 Å². The SMILES string of the molecule is Fc1ccc(C(c2nnnn2C2CCCCC2)N2CCN(C(c3ccc(F)cc3)c3nnnn3C3CCCCC3)CC2)cc1. The van der Waals surface area contributed by atoms with E-state index < -0.39 is 0 Å². The summed E-state index contributed by atoms with van der Waals surface area (Å²) in [5, 5.41) is 26.3. The van der Waals surface area contributed by atoms with Crippen LogP contribution in [-0.4, -0.2) is 76.4 Å². The summed E-state index contributed by atoms with van der Waals surface area (Å²) < 4.78 is 32.1. The molecule has 4 aromatic rings. The van der Waals surface area contributed by atoms with Crippen LogP contribution in [0, 0.1) is 11.6 Å². The van der Waals surface area contributed by atoms with Gasteiger partial charge in [0.05, 0.1) is 24.2 Å². The molecule has 0 bridgehead atoms. The Labute approximate surface area is 256 Å². The molecule has 7 rings (SSSR count). The van der Waals surface area contributed by atoms with Gasteiger partial charge in [-0.2, -0.15) is 0 Å². The van der Waals surface area contributed by atoms with Gasteiger partial charge >= 0.3 is 0 Å². The number of rotatable bonds is 8. The van der Waals surface area contributed by atoms with Crippen molar-refractivity contribution in [3.63, 3.8) is 0 Å². The molecule has 0 amide bonds. The molecule has 1 saturated heterocycles. The first kappa shape index (κ1) is 29.1. The van der Waals surface area contributed by atoms with E-state index in [2.05, 4.69) is 40.9 Å². The Morgan fingerprint density at radius 1 is 0.523 bits per heavy atom. The third-order valence-electron chi connectivity index (χ3n) is 9.82. The van der Waals surface area contributed by atoms with Crippen molar-refractivity contribution in [2.45, 2.75) is 88.4 Å². The van der Waals surface area contributed by atoms with Gasteiger partial charge in [-0.15, -0.1) is 10.2 Å². The van der Waals surface area contributed by atoms with E-state index in [9.17, 15) is 8.78 Å². The maximum atomic E-state index is 14.0. The molecule has 3 fully saturated rings. The van der Waals surface area contributed by atoms with E-state index in [0.717, 1.165) is 74.6 Å². The Hall–Kier alpha value is -3.64. The van der Waals surface area contributed by atoms with Crippen LogP contribution >= 0.6 is 0 Å². The minimum absolute atomic E-state index is 0.202. The highest BCUT2D eigenvalue weighted by molar-refractivity contribution is 5.28. The minimum atomic E-state index is -0.262. The molecule has 2 aliphatic carbocycles. The lowest BCUT2D eigenvalue weighted by Gasteiger charge is -2.42. The second-order valence-corrected chi connectivity index (χ2v) is 12.5. The van der Waals surface area contributed by atoms with Gasteiger partial charge in [0.25, 0.3) is 0 Å². The second-order valence-electron chi connectivity index (χ2n) is 12.5. The van der Waals surface area contributed by atoms with Gasteiger partial charge in [0, 0.05) is 26.2 Å². The molecular weight excluding hydrogens is 562 g/mol. The summed E-state index contributed by atoms with van der Waals surface area (Å²) in [4.78, 5) is 4.81. The molecule has 3 aliphatic rings. The summed E-state index contributed by atoms with van der Waals surface area (Å²) in [7, 11) is 0. The molecule has 10 nitrogen and oxygen atoms in total. The van der Waals surface area contributed by atoms with Gasteiger partial charge in [0.15, 0.2) is 11.6 Å². The summed E-state index contributed by atoms with van der Waals surface area (Å²) >= 11 is 0. The van der Waals surface area contributed by atoms with Crippen molar-refractivity contribution in [2.24, 2.45) is 0 Å². The fourth-order valence-electron chi connectivity index (χ4n) is 7.52. The molecule has 1 aliphatic heterocycles. The van der Waals surface area contributed by atoms with Crippen molar-refractivity contribution >= 4 is 0 Å². The molecule has 0 N–H and O–H groups in total. The fourth-order valence-corrected chi connectivity index (χ4v) is 7.52. The van der Waals surface area contributed by atoms with Crippen LogP contribution in [0.25, 0.3) is 0 Å². The Balaban J connectivity index is 1.18. The zero-order valence-corrected chi connectivity index (χ0v) is 25.1. The number of tetrazole rings is 2. The van der Waals surface area contributed by atoms with Gasteiger partial charge < -0.3 is 0 Å². The van der Waals surface area contributed by atoms with Crippen LogP contribution in [0.2, 0.25) is 0 Å². The van der Waals surface area contributed by atoms with Gasteiger partial charge in [0.2, 0.25) is 0 Å². The first-order valence-electron chi connectivity index (χ1n) is 16.2. The van der Waals surface area contributed by atoms with E-state index in [1.54, 1.807) is 0 Å². The van der Waals surface area contributed by atoms with E-state index >= 15 is 0 Å². The van der Waals surface area contributed by atoms with Crippen LogP contribution in [0.5, 0.6) is 0 Å². The van der Waals surface area contributed by atoms with E-state index in [4.69, 9.17) is 0 Å². The topological polar surface area (TPSA) is 93.7 Å². The number of benzene rings is 2. The molecule has 2 unspecified atom stereocenters. The maximum absolute atomic E-state index is 14.0. The molecule has 2 saturated carbocycles. The number of hydrogen-bond donors (Lipinski definition) is 0. The Morgan fingerprint density at radius 2 is 0.886 bits per heavy atom. The normalized spacial score (nSPS) is 21.0. The molecular formula is C32H40F2N10. The lowest BCUT2D eigenvalue weighted by Crippen LogP contribution is -2.50. The largest absolute Gasteiger partial charge is 0.287 e. The van der Waals surface area contributed by atoms with Crippen LogP contribution in [-0.2, 0) is 0 Å². The lowest BCUT2D eigenvalue weighted by molar-refractivity contribution is 0.0802. The van der Waals surface area contributed by atoms with Crippen molar-refractivity contribution in [2.75, 3.05) is 26.2 Å². The third kappa shape index (κ3) is 6.01. The van der Waals surface area contributed by atoms with Crippen molar-refractivity contribution in [1.29, 1.82) is 0 Å². The standard InChI is InChI=1S/C32H40F2N10/c33-25-15-11-23(12-16-25)29(31-35-37-39-43(31)27-7-3-1-4-8-27)41-19-21-42(22-20-41)30(24-13-17-26(34)18-14-24)32-36-38-40-44(32)28-9-5-2-6-10-28/h11-18,27-30H,1-10,19-22H2. The monoisotopic (exact) mass is 602 g/mol. The van der Waals surface area contributed by atoms with Crippen LogP contribution in [0.4, 0.5) is 8.78 Å². The second kappa shape index (κ2) is 13.2. The minimum Gasteiger partial charge on any atom is -0.287 e. The number of nitrogens with zero attached hydrogens (tertiary/aromatic N) is 10. The van der Waals surface area contributed by atoms with E-state index in [-0.39, 0.29) is 35.8 Å². The summed E-state index contributed by atoms with van der Waals surface area (Å²) in [5.41, 5.74) is 1.95. The summed E-state index contributed by atoms with van der Waals surface area (Å²) in [6, 6.07) is 13.6. The third-order valence-corrected chi connectivity index (χ3v) is 9.82. The average Bonchev–Trinajstić information content (AvgIpc) is 3.76. The average molecular weight is 603 g/mol. The van der Waals surface area contributed by atoms with Gasteiger partial charge in [-0.3, -0.25) is 9.80 Å². The zero-order chi connectivity index (χ0) is 29.9. The molecule has 2 atom stereocenters. The van der Waals surface area contributed by atoms with Gasteiger partial charge in [-0.1, -0.05) is 62.8 Å². The van der Waals surface area contributed by atoms with Crippen LogP contribution in [0.3, 0.4) is 0 Å². The molecule has 2 aromatic heterocycles. The summed E-state index contributed by atoms with van der Waals surface area (Å²) in [6.07, 6.45) is 11.5. The van der Waals surface area contributed by atoms with Crippen molar-refractivity contribution in [3.05, 3.63) is 82.9 Å². The number of piperazine rings is 1. The fraction of sp³-hybridized carbons (Fsp3) is 0.562. The molecule has 44 heavy (non-hydrogen) atoms. The lowest BCUT2D eigenvalue weighted by atomic mass is 9.94. The predicted octanol–water partition coefficient (Wildman–Crippen LogP) is 5.44. The van der Waals surface area contributed by atoms with E-state index in [1.165, 1.54) is 62.8 Å². The molecule has 0 radical (unpaired) electrons. The van der Waals surface area contributed by atoms with Crippen LogP contribution in [0.15, 0.2) is 48.5 Å². The molecule has 2 aromatic carbocycles. The zero-order valence-electron chi connectivity index (χ0n) is 25.1. The molecule has 232 valence electrons. The Kier molecular flexibility index (Phi) is 8.70.